The van der Waals surface area contributed by atoms with Gasteiger partial charge < -0.3 is 5.73 Å². The van der Waals surface area contributed by atoms with Crippen LogP contribution < -0.4 is 10.3 Å². The standard InChI is InChI=1S/C7H12N2.C3H7NO/c1-2-3-5-9-6-4-8-7-9;1-2-3(4)5/h4,6-7H,2-3,5H2,1H3;2H2,1H3,(H2,4,5)/p+1. The van der Waals surface area contributed by atoms with Crippen LogP contribution in [0.3, 0.4) is 0 Å². The molecule has 3 N–H and O–H groups in total. The van der Waals surface area contributed by atoms with E-state index < -0.39 is 0 Å². The maximum absolute atomic E-state index is 9.59. The van der Waals surface area contributed by atoms with E-state index in [2.05, 4.69) is 28.4 Å². The van der Waals surface area contributed by atoms with Crippen LogP contribution in [0.15, 0.2) is 18.7 Å². The van der Waals surface area contributed by atoms with Crippen LogP contribution in [0.5, 0.6) is 0 Å². The molecule has 0 saturated carbocycles. The third-order valence-corrected chi connectivity index (χ3v) is 1.72. The average Bonchev–Trinajstić information content (AvgIpc) is 2.68. The second-order valence-corrected chi connectivity index (χ2v) is 3.02. The van der Waals surface area contributed by atoms with Gasteiger partial charge in [0.2, 0.25) is 12.2 Å². The first-order valence-corrected chi connectivity index (χ1v) is 5.00. The maximum atomic E-state index is 9.59. The molecule has 14 heavy (non-hydrogen) atoms. The van der Waals surface area contributed by atoms with E-state index in [0.29, 0.717) is 6.42 Å². The van der Waals surface area contributed by atoms with Crippen molar-refractivity contribution >= 4 is 5.91 Å². The second kappa shape index (κ2) is 8.29. The van der Waals surface area contributed by atoms with E-state index in [1.54, 1.807) is 6.92 Å². The molecule has 0 fully saturated rings. The minimum atomic E-state index is -0.245. The number of imidazole rings is 1. The summed E-state index contributed by atoms with van der Waals surface area (Å²) in [4.78, 5) is 12.6. The van der Waals surface area contributed by atoms with Gasteiger partial charge in [0.05, 0.1) is 6.54 Å². The average molecular weight is 198 g/mol. The van der Waals surface area contributed by atoms with Gasteiger partial charge in [0.1, 0.15) is 12.4 Å². The maximum Gasteiger partial charge on any atom is 0.241 e. The molecule has 1 amide bonds. The number of aryl methyl sites for hydroxylation is 1. The number of unbranched alkanes of at least 4 members (excludes halogenated alkanes) is 1. The highest BCUT2D eigenvalue weighted by Crippen LogP contribution is 1.84. The summed E-state index contributed by atoms with van der Waals surface area (Å²) in [5.41, 5.74) is 4.65. The molecule has 0 aliphatic carbocycles. The Kier molecular flexibility index (Phi) is 7.50. The summed E-state index contributed by atoms with van der Waals surface area (Å²) in [6.45, 7) is 5.07. The highest BCUT2D eigenvalue weighted by Gasteiger charge is 1.92. The van der Waals surface area contributed by atoms with E-state index in [1.165, 1.54) is 12.8 Å². The fourth-order valence-corrected chi connectivity index (χ4v) is 0.800. The first kappa shape index (κ1) is 12.7. The van der Waals surface area contributed by atoms with Crippen LogP contribution in [0, 0.1) is 0 Å². The third-order valence-electron chi connectivity index (χ3n) is 1.72. The van der Waals surface area contributed by atoms with Gasteiger partial charge in [0, 0.05) is 6.42 Å². The zero-order valence-electron chi connectivity index (χ0n) is 8.99. The Hall–Kier alpha value is -1.32. The van der Waals surface area contributed by atoms with Gasteiger partial charge in [-0.3, -0.25) is 9.78 Å². The largest absolute Gasteiger partial charge is 0.370 e. The Morgan fingerprint density at radius 2 is 2.14 bits per heavy atom. The molecule has 4 heteroatoms. The number of H-pyrrole nitrogens is 1. The van der Waals surface area contributed by atoms with Crippen molar-refractivity contribution in [3.05, 3.63) is 18.7 Å². The summed E-state index contributed by atoms with van der Waals surface area (Å²) < 4.78 is 2.16. The highest BCUT2D eigenvalue weighted by atomic mass is 16.1. The molecule has 0 atom stereocenters. The monoisotopic (exact) mass is 198 g/mol. The lowest BCUT2D eigenvalue weighted by Gasteiger charge is -1.89. The summed E-state index contributed by atoms with van der Waals surface area (Å²) in [5.74, 6) is -0.245. The Balaban J connectivity index is 0.000000292. The van der Waals surface area contributed by atoms with Crippen molar-refractivity contribution in [3.8, 4) is 0 Å². The number of carbonyl (C=O) groups is 1. The van der Waals surface area contributed by atoms with Crippen molar-refractivity contribution < 1.29 is 9.36 Å². The van der Waals surface area contributed by atoms with Gasteiger partial charge in [-0.2, -0.15) is 0 Å². The lowest BCUT2D eigenvalue weighted by Crippen LogP contribution is -2.29. The molecule has 80 valence electrons. The molecule has 0 saturated heterocycles. The fourth-order valence-electron chi connectivity index (χ4n) is 0.800. The van der Waals surface area contributed by atoms with Crippen molar-refractivity contribution in [2.75, 3.05) is 0 Å². The summed E-state index contributed by atoms with van der Waals surface area (Å²) in [7, 11) is 0. The number of nitrogens with one attached hydrogen (secondary N) is 1. The SMILES string of the molecule is CCC(N)=O.CCCC[n+]1cc[nH]c1. The number of primary amides is 1. The number of hydrogen-bond donors (Lipinski definition) is 2. The zero-order chi connectivity index (χ0) is 10.8. The van der Waals surface area contributed by atoms with E-state index in [-0.39, 0.29) is 5.91 Å². The molecule has 0 unspecified atom stereocenters. The lowest BCUT2D eigenvalue weighted by molar-refractivity contribution is -0.696. The number of nitrogens with zero attached hydrogens (tertiary/aromatic N) is 1. The van der Waals surface area contributed by atoms with Crippen molar-refractivity contribution in [2.24, 2.45) is 5.73 Å². The van der Waals surface area contributed by atoms with E-state index >= 15 is 0 Å². The van der Waals surface area contributed by atoms with E-state index in [0.717, 1.165) is 6.54 Å². The smallest absolute Gasteiger partial charge is 0.241 e. The molecule has 0 bridgehead atoms. The van der Waals surface area contributed by atoms with Crippen LogP contribution in [-0.4, -0.2) is 10.9 Å². The summed E-state index contributed by atoms with van der Waals surface area (Å²) in [6, 6.07) is 0. The molecule has 1 aromatic rings. The molecule has 1 heterocycles. The van der Waals surface area contributed by atoms with Crippen LogP contribution >= 0.6 is 0 Å². The number of amides is 1. The predicted octanol–water partition coefficient (Wildman–Crippen LogP) is 0.984. The molecule has 0 aliphatic rings. The van der Waals surface area contributed by atoms with E-state index in [1.807, 2.05) is 12.5 Å². The van der Waals surface area contributed by atoms with E-state index in [4.69, 9.17) is 0 Å². The van der Waals surface area contributed by atoms with Gasteiger partial charge in [0.25, 0.3) is 0 Å². The van der Waals surface area contributed by atoms with Gasteiger partial charge in [-0.1, -0.05) is 20.3 Å². The first-order valence-electron chi connectivity index (χ1n) is 5.00. The van der Waals surface area contributed by atoms with Crippen LogP contribution in [0.2, 0.25) is 0 Å². The summed E-state index contributed by atoms with van der Waals surface area (Å²) in [5, 5.41) is 0. The van der Waals surface area contributed by atoms with Gasteiger partial charge in [-0.25, -0.2) is 4.57 Å². The number of hydrogen-bond acceptors (Lipinski definition) is 1. The molecule has 0 spiro atoms. The summed E-state index contributed by atoms with van der Waals surface area (Å²) >= 11 is 0. The first-order chi connectivity index (χ1) is 6.70. The second-order valence-electron chi connectivity index (χ2n) is 3.02. The molecule has 1 aromatic heterocycles. The highest BCUT2D eigenvalue weighted by molar-refractivity contribution is 5.73. The van der Waals surface area contributed by atoms with Gasteiger partial charge in [0.15, 0.2) is 0 Å². The normalized spacial score (nSPS) is 9.00. The zero-order valence-corrected chi connectivity index (χ0v) is 8.99. The van der Waals surface area contributed by atoms with Crippen molar-refractivity contribution in [1.82, 2.24) is 4.98 Å². The minimum Gasteiger partial charge on any atom is -0.370 e. The Bertz CT molecular complexity index is 232. The number of carbonyl (C=O) groups excluding carboxylic acids is 1. The predicted molar refractivity (Wildman–Crippen MR) is 55.4 cm³/mol. The van der Waals surface area contributed by atoms with Crippen LogP contribution in [0.1, 0.15) is 33.1 Å². The van der Waals surface area contributed by atoms with Crippen LogP contribution in [-0.2, 0) is 11.3 Å². The Morgan fingerprint density at radius 1 is 1.50 bits per heavy atom. The lowest BCUT2D eigenvalue weighted by atomic mass is 10.3. The van der Waals surface area contributed by atoms with E-state index in [9.17, 15) is 4.79 Å². The molecule has 4 nitrogen and oxygen atoms in total. The topological polar surface area (TPSA) is 62.8 Å². The molecular weight excluding hydrogens is 178 g/mol. The fraction of sp³-hybridized carbons (Fsp3) is 0.600. The number of aromatic nitrogens is 2. The third kappa shape index (κ3) is 7.34. The Morgan fingerprint density at radius 3 is 2.50 bits per heavy atom. The number of aromatic amines is 1. The molecule has 0 radical (unpaired) electrons. The van der Waals surface area contributed by atoms with Gasteiger partial charge >= 0.3 is 0 Å². The molecular formula is C10H20N3O+. The number of rotatable bonds is 4. The molecule has 0 aromatic carbocycles. The summed E-state index contributed by atoms with van der Waals surface area (Å²) in [6.07, 6.45) is 8.95. The Labute approximate surface area is 85.1 Å². The number of nitrogens with two attached hydrogens (primary N) is 1. The minimum absolute atomic E-state index is 0.245. The quantitative estimate of drug-likeness (QED) is 0.696. The van der Waals surface area contributed by atoms with Crippen molar-refractivity contribution in [3.63, 3.8) is 0 Å². The molecule has 0 aliphatic heterocycles. The van der Waals surface area contributed by atoms with Crippen LogP contribution in [0.25, 0.3) is 0 Å². The van der Waals surface area contributed by atoms with Crippen molar-refractivity contribution in [2.45, 2.75) is 39.7 Å². The van der Waals surface area contributed by atoms with Gasteiger partial charge in [-0.15, -0.1) is 0 Å². The van der Waals surface area contributed by atoms with Crippen LogP contribution in [0.4, 0.5) is 0 Å². The van der Waals surface area contributed by atoms with Gasteiger partial charge in [-0.05, 0) is 6.42 Å². The van der Waals surface area contributed by atoms with Crippen molar-refractivity contribution in [1.29, 1.82) is 0 Å². The molecule has 1 rings (SSSR count).